The molecule has 33 heavy (non-hydrogen) atoms. The predicted octanol–water partition coefficient (Wildman–Crippen LogP) is 5.25. The van der Waals surface area contributed by atoms with Crippen LogP contribution < -0.4 is 10.2 Å². The lowest BCUT2D eigenvalue weighted by Crippen LogP contribution is -2.46. The van der Waals surface area contributed by atoms with Gasteiger partial charge in [0.15, 0.2) is 5.78 Å². The number of hydrogen-bond acceptors (Lipinski definition) is 5. The molecule has 7 heteroatoms. The molecule has 0 radical (unpaired) electrons. The summed E-state index contributed by atoms with van der Waals surface area (Å²) in [6, 6.07) is 8.25. The third-order valence-corrected chi connectivity index (χ3v) is 8.42. The van der Waals surface area contributed by atoms with Gasteiger partial charge in [0.05, 0.1) is 23.1 Å². The zero-order valence-corrected chi connectivity index (χ0v) is 18.9. The van der Waals surface area contributed by atoms with E-state index in [1.165, 1.54) is 17.0 Å². The van der Waals surface area contributed by atoms with Gasteiger partial charge < -0.3 is 5.32 Å². The Labute approximate surface area is 195 Å². The third kappa shape index (κ3) is 3.01. The molecule has 3 heterocycles. The lowest BCUT2D eigenvalue weighted by Gasteiger charge is -2.42. The summed E-state index contributed by atoms with van der Waals surface area (Å²) in [6.07, 6.45) is 7.03. The first-order valence-corrected chi connectivity index (χ1v) is 12.3. The first-order chi connectivity index (χ1) is 16.1. The summed E-state index contributed by atoms with van der Waals surface area (Å²) in [5, 5.41) is 14.1. The number of benzene rings is 1. The van der Waals surface area contributed by atoms with Gasteiger partial charge in [-0.3, -0.25) is 14.5 Å². The summed E-state index contributed by atoms with van der Waals surface area (Å²) >= 11 is 1.64. The van der Waals surface area contributed by atoms with Crippen LogP contribution in [0.25, 0.3) is 0 Å². The van der Waals surface area contributed by atoms with Crippen LogP contribution in [0.4, 0.5) is 9.39 Å². The maximum Gasteiger partial charge on any atom is 0.260 e. The Hall–Kier alpha value is -3.24. The number of allylic oxidation sites excluding steroid dienone is 3. The highest BCUT2D eigenvalue weighted by molar-refractivity contribution is 7.17. The van der Waals surface area contributed by atoms with Crippen LogP contribution in [0, 0.1) is 17.1 Å². The van der Waals surface area contributed by atoms with Gasteiger partial charge in [-0.05, 0) is 61.8 Å². The lowest BCUT2D eigenvalue weighted by atomic mass is 9.75. The van der Waals surface area contributed by atoms with Crippen molar-refractivity contribution in [2.24, 2.45) is 0 Å². The van der Waals surface area contributed by atoms with Crippen LogP contribution in [-0.2, 0) is 17.6 Å². The normalized spacial score (nSPS) is 22.1. The van der Waals surface area contributed by atoms with Crippen LogP contribution in [0.15, 0.2) is 46.9 Å². The summed E-state index contributed by atoms with van der Waals surface area (Å²) in [4.78, 5) is 29.8. The molecule has 6 rings (SSSR count). The highest BCUT2D eigenvalue weighted by atomic mass is 32.1. The molecule has 0 saturated heterocycles. The highest BCUT2D eigenvalue weighted by Crippen LogP contribution is 2.52. The maximum atomic E-state index is 13.6. The van der Waals surface area contributed by atoms with E-state index in [-0.39, 0.29) is 17.5 Å². The van der Waals surface area contributed by atoms with Crippen LogP contribution in [0.5, 0.6) is 0 Å². The van der Waals surface area contributed by atoms with Crippen molar-refractivity contribution < 1.29 is 14.0 Å². The fourth-order valence-corrected chi connectivity index (χ4v) is 7.10. The topological polar surface area (TPSA) is 73.2 Å². The van der Waals surface area contributed by atoms with E-state index in [2.05, 4.69) is 11.4 Å². The Morgan fingerprint density at radius 2 is 1.82 bits per heavy atom. The molecule has 0 bridgehead atoms. The van der Waals surface area contributed by atoms with Crippen molar-refractivity contribution in [1.29, 1.82) is 5.26 Å². The van der Waals surface area contributed by atoms with Crippen LogP contribution >= 0.6 is 11.3 Å². The average molecular weight is 460 g/mol. The number of nitrogens with one attached hydrogen (secondary N) is 1. The number of thiophene rings is 1. The number of halogens is 1. The quantitative estimate of drug-likeness (QED) is 0.592. The number of fused-ring (bicyclic) bond motifs is 6. The minimum Gasteiger partial charge on any atom is -0.307 e. The standard InChI is InChI=1S/C26H22FN3O2S/c27-15-11-9-14(10-12-15)21-17(13-28)24-29-25(32)22-16-5-2-1-3-8-20(16)33-26(22)30(24)18-6-4-7-19(31)23(18)21/h9-12,21H,1-8H2,(H,29,32). The molecule has 2 aromatic rings. The Balaban J connectivity index is 1.61. The first kappa shape index (κ1) is 20.4. The molecule has 1 aromatic heterocycles. The van der Waals surface area contributed by atoms with E-state index in [0.29, 0.717) is 40.9 Å². The van der Waals surface area contributed by atoms with Crippen molar-refractivity contribution in [1.82, 2.24) is 5.32 Å². The van der Waals surface area contributed by atoms with Gasteiger partial charge in [0.2, 0.25) is 0 Å². The molecule has 5 nitrogen and oxygen atoms in total. The second kappa shape index (κ2) is 7.67. The van der Waals surface area contributed by atoms with Gasteiger partial charge in [-0.1, -0.05) is 18.6 Å². The van der Waals surface area contributed by atoms with Crippen LogP contribution in [0.2, 0.25) is 0 Å². The van der Waals surface area contributed by atoms with Crippen LogP contribution in [0.1, 0.15) is 70.8 Å². The second-order valence-corrected chi connectivity index (χ2v) is 10.1. The molecule has 0 spiro atoms. The summed E-state index contributed by atoms with van der Waals surface area (Å²) in [6.45, 7) is 0. The molecule has 1 amide bonds. The van der Waals surface area contributed by atoms with Gasteiger partial charge in [-0.25, -0.2) is 4.39 Å². The lowest BCUT2D eigenvalue weighted by molar-refractivity contribution is -0.116. The fraction of sp³-hybridized carbons (Fsp3) is 0.346. The van der Waals surface area contributed by atoms with Gasteiger partial charge in [0.25, 0.3) is 5.91 Å². The number of ketones is 1. The number of rotatable bonds is 1. The largest absolute Gasteiger partial charge is 0.307 e. The Bertz CT molecular complexity index is 1310. The van der Waals surface area contributed by atoms with E-state index < -0.39 is 5.92 Å². The Morgan fingerprint density at radius 1 is 1.03 bits per heavy atom. The maximum absolute atomic E-state index is 13.6. The average Bonchev–Trinajstić information content (AvgIpc) is 3.02. The second-order valence-electron chi connectivity index (χ2n) is 9.03. The van der Waals surface area contributed by atoms with E-state index in [0.717, 1.165) is 54.8 Å². The number of nitriles is 1. The summed E-state index contributed by atoms with van der Waals surface area (Å²) in [5.41, 5.74) is 4.34. The number of aryl methyl sites for hydroxylation is 1. The highest BCUT2D eigenvalue weighted by Gasteiger charge is 2.45. The SMILES string of the molecule is N#CC1=C2NC(=O)c3c(sc4c3CCCCC4)N2C2=C(C(=O)CCC2)C1c1ccc(F)cc1. The van der Waals surface area contributed by atoms with E-state index in [4.69, 9.17) is 0 Å². The number of anilines is 1. The summed E-state index contributed by atoms with van der Waals surface area (Å²) in [7, 11) is 0. The molecule has 4 aliphatic rings. The number of Topliss-reactive ketones (excluding diaryl/α,β-unsaturated/α-hetero) is 1. The van der Waals surface area contributed by atoms with Gasteiger partial charge in [-0.2, -0.15) is 5.26 Å². The molecule has 0 fully saturated rings. The Kier molecular flexibility index (Phi) is 4.73. The minimum atomic E-state index is -0.607. The first-order valence-electron chi connectivity index (χ1n) is 11.5. The number of amides is 1. The number of carbonyl (C=O) groups excluding carboxylic acids is 2. The number of nitrogens with zero attached hydrogens (tertiary/aromatic N) is 2. The molecular formula is C26H22FN3O2S. The Morgan fingerprint density at radius 3 is 2.61 bits per heavy atom. The van der Waals surface area contributed by atoms with Gasteiger partial charge in [0.1, 0.15) is 16.6 Å². The van der Waals surface area contributed by atoms with E-state index >= 15 is 0 Å². The van der Waals surface area contributed by atoms with Gasteiger partial charge >= 0.3 is 0 Å². The minimum absolute atomic E-state index is 0.0222. The van der Waals surface area contributed by atoms with E-state index in [1.807, 2.05) is 4.90 Å². The van der Waals surface area contributed by atoms with Crippen molar-refractivity contribution in [3.8, 4) is 6.07 Å². The van der Waals surface area contributed by atoms with Crippen molar-refractivity contribution in [2.45, 2.75) is 57.3 Å². The van der Waals surface area contributed by atoms with Crippen molar-refractivity contribution >= 4 is 28.0 Å². The molecule has 2 aliphatic carbocycles. The van der Waals surface area contributed by atoms with Gasteiger partial charge in [-0.15, -0.1) is 11.3 Å². The van der Waals surface area contributed by atoms with Crippen LogP contribution in [0.3, 0.4) is 0 Å². The smallest absolute Gasteiger partial charge is 0.260 e. The van der Waals surface area contributed by atoms with Crippen molar-refractivity contribution in [3.63, 3.8) is 0 Å². The molecule has 1 N–H and O–H groups in total. The summed E-state index contributed by atoms with van der Waals surface area (Å²) in [5.74, 6) is -0.679. The predicted molar refractivity (Wildman–Crippen MR) is 123 cm³/mol. The number of hydrogen-bond donors (Lipinski definition) is 1. The fourth-order valence-electron chi connectivity index (χ4n) is 5.69. The van der Waals surface area contributed by atoms with Crippen molar-refractivity contribution in [2.75, 3.05) is 4.90 Å². The molecule has 1 aromatic carbocycles. The molecule has 1 atom stereocenters. The molecule has 0 saturated carbocycles. The third-order valence-electron chi connectivity index (χ3n) is 7.14. The van der Waals surface area contributed by atoms with Crippen LogP contribution in [-0.4, -0.2) is 11.7 Å². The monoisotopic (exact) mass is 459 g/mol. The molecule has 2 aliphatic heterocycles. The summed E-state index contributed by atoms with van der Waals surface area (Å²) < 4.78 is 13.6. The molecule has 166 valence electrons. The van der Waals surface area contributed by atoms with E-state index in [9.17, 15) is 19.2 Å². The number of carbonyl (C=O) groups is 2. The zero-order valence-electron chi connectivity index (χ0n) is 18.0. The molecular weight excluding hydrogens is 437 g/mol. The zero-order chi connectivity index (χ0) is 22.7. The molecule has 1 unspecified atom stereocenters. The van der Waals surface area contributed by atoms with Crippen molar-refractivity contribution in [3.05, 3.63) is 74.3 Å². The van der Waals surface area contributed by atoms with E-state index in [1.54, 1.807) is 23.5 Å². The van der Waals surface area contributed by atoms with Gasteiger partial charge in [0, 0.05) is 22.6 Å².